The Morgan fingerprint density at radius 1 is 1.08 bits per heavy atom. The number of halogens is 1. The summed E-state index contributed by atoms with van der Waals surface area (Å²) in [4.78, 5) is 40.9. The fraction of sp³-hybridized carbons (Fsp3) is 0.308. The average Bonchev–Trinajstić information content (AvgIpc) is 3.49. The quantitative estimate of drug-likeness (QED) is 0.443. The number of nitrogen functional groups attached to an aromatic ring is 1. The molecule has 10 heteroatoms. The van der Waals surface area contributed by atoms with Crippen LogP contribution in [0.5, 0.6) is 0 Å². The molecule has 3 amide bonds. The molecule has 0 bridgehead atoms. The third-order valence-corrected chi connectivity index (χ3v) is 7.39. The molecule has 1 unspecified atom stereocenters. The Labute approximate surface area is 212 Å². The van der Waals surface area contributed by atoms with Gasteiger partial charge in [0.2, 0.25) is 5.91 Å². The largest absolute Gasteiger partial charge is 0.395 e. The molecule has 8 nitrogen and oxygen atoms in total. The van der Waals surface area contributed by atoms with E-state index in [1.54, 1.807) is 12.1 Å². The number of aromatic nitrogens is 1. The Morgan fingerprint density at radius 2 is 1.75 bits per heavy atom. The minimum atomic E-state index is -1.13. The second kappa shape index (κ2) is 10.4. The van der Waals surface area contributed by atoms with Crippen LogP contribution in [0.4, 0.5) is 15.8 Å². The minimum absolute atomic E-state index is 0.00732. The molecule has 2 aromatic carbocycles. The van der Waals surface area contributed by atoms with Gasteiger partial charge in [0.1, 0.15) is 16.7 Å². The molecule has 1 aliphatic carbocycles. The predicted molar refractivity (Wildman–Crippen MR) is 137 cm³/mol. The van der Waals surface area contributed by atoms with E-state index in [-0.39, 0.29) is 22.3 Å². The van der Waals surface area contributed by atoms with Crippen LogP contribution in [0.25, 0.3) is 0 Å². The van der Waals surface area contributed by atoms with Gasteiger partial charge in [-0.25, -0.2) is 4.39 Å². The molecule has 0 aliphatic heterocycles. The number of anilines is 2. The molecule has 1 aliphatic rings. The topological polar surface area (TPSA) is 131 Å². The van der Waals surface area contributed by atoms with Crippen LogP contribution in [0, 0.1) is 19.7 Å². The zero-order chi connectivity index (χ0) is 26.0. The number of hydrogen-bond acceptors (Lipinski definition) is 6. The molecule has 0 saturated heterocycles. The normalized spacial score (nSPS) is 14.4. The third kappa shape index (κ3) is 5.08. The van der Waals surface area contributed by atoms with Crippen molar-refractivity contribution in [3.63, 3.8) is 0 Å². The van der Waals surface area contributed by atoms with Crippen molar-refractivity contribution in [3.8, 4) is 0 Å². The van der Waals surface area contributed by atoms with Gasteiger partial charge in [-0.3, -0.25) is 19.3 Å². The highest BCUT2D eigenvalue weighted by atomic mass is 32.1. The lowest BCUT2D eigenvalue weighted by molar-refractivity contribution is -0.123. The minimum Gasteiger partial charge on any atom is -0.395 e. The SMILES string of the molecule is Cc1ccc(N(C(=O)c2snc(C(N)=O)c2N)C(C(=O)NC2CCCC2)c2ccc(F)cc2)cc1C. The number of nitrogens with two attached hydrogens (primary N) is 2. The summed E-state index contributed by atoms with van der Waals surface area (Å²) >= 11 is 0.744. The number of carbonyl (C=O) groups excluding carboxylic acids is 3. The number of benzene rings is 2. The molecular weight excluding hydrogens is 481 g/mol. The molecule has 0 radical (unpaired) electrons. The van der Waals surface area contributed by atoms with Gasteiger partial charge < -0.3 is 16.8 Å². The summed E-state index contributed by atoms with van der Waals surface area (Å²) < 4.78 is 17.8. The molecular formula is C26H28FN5O3S. The van der Waals surface area contributed by atoms with Gasteiger partial charge in [0.15, 0.2) is 5.69 Å². The maximum Gasteiger partial charge on any atom is 0.273 e. The van der Waals surface area contributed by atoms with Crippen molar-refractivity contribution in [2.75, 3.05) is 10.6 Å². The second-order valence-electron chi connectivity index (χ2n) is 9.03. The average molecular weight is 510 g/mol. The van der Waals surface area contributed by atoms with E-state index in [0.717, 1.165) is 48.3 Å². The van der Waals surface area contributed by atoms with E-state index in [1.807, 2.05) is 19.9 Å². The molecule has 1 saturated carbocycles. The van der Waals surface area contributed by atoms with Crippen LogP contribution >= 0.6 is 11.5 Å². The smallest absolute Gasteiger partial charge is 0.273 e. The molecule has 36 heavy (non-hydrogen) atoms. The molecule has 1 aromatic heterocycles. The number of rotatable bonds is 7. The van der Waals surface area contributed by atoms with E-state index < -0.39 is 29.6 Å². The Hall–Kier alpha value is -3.79. The van der Waals surface area contributed by atoms with Gasteiger partial charge >= 0.3 is 0 Å². The molecule has 188 valence electrons. The molecule has 1 heterocycles. The number of carbonyl (C=O) groups is 3. The fourth-order valence-electron chi connectivity index (χ4n) is 4.41. The summed E-state index contributed by atoms with van der Waals surface area (Å²) in [5, 5.41) is 3.07. The van der Waals surface area contributed by atoms with Gasteiger partial charge in [-0.15, -0.1) is 0 Å². The summed E-state index contributed by atoms with van der Waals surface area (Å²) in [6, 6.07) is 9.74. The van der Waals surface area contributed by atoms with Crippen molar-refractivity contribution in [1.82, 2.24) is 9.69 Å². The van der Waals surface area contributed by atoms with E-state index in [9.17, 15) is 18.8 Å². The summed E-state index contributed by atoms with van der Waals surface area (Å²) in [5.74, 6) is -2.32. The highest BCUT2D eigenvalue weighted by molar-refractivity contribution is 7.09. The number of hydrogen-bond donors (Lipinski definition) is 3. The number of aryl methyl sites for hydroxylation is 2. The number of amides is 3. The van der Waals surface area contributed by atoms with Crippen LogP contribution in [-0.2, 0) is 4.79 Å². The zero-order valence-corrected chi connectivity index (χ0v) is 20.9. The van der Waals surface area contributed by atoms with Crippen LogP contribution in [0.1, 0.15) is 68.6 Å². The van der Waals surface area contributed by atoms with E-state index in [2.05, 4.69) is 9.69 Å². The molecule has 3 aromatic rings. The third-order valence-electron chi connectivity index (χ3n) is 6.54. The van der Waals surface area contributed by atoms with Crippen LogP contribution in [-0.4, -0.2) is 28.1 Å². The molecule has 4 rings (SSSR count). The Kier molecular flexibility index (Phi) is 7.35. The van der Waals surface area contributed by atoms with Gasteiger partial charge in [0.25, 0.3) is 11.8 Å². The van der Waals surface area contributed by atoms with Crippen LogP contribution < -0.4 is 21.7 Å². The van der Waals surface area contributed by atoms with Gasteiger partial charge in [-0.2, -0.15) is 4.37 Å². The van der Waals surface area contributed by atoms with Crippen molar-refractivity contribution in [3.05, 3.63) is 75.5 Å². The monoisotopic (exact) mass is 509 g/mol. The highest BCUT2D eigenvalue weighted by Gasteiger charge is 2.37. The number of primary amides is 1. The zero-order valence-electron chi connectivity index (χ0n) is 20.1. The van der Waals surface area contributed by atoms with Crippen molar-refractivity contribution in [1.29, 1.82) is 0 Å². The van der Waals surface area contributed by atoms with Gasteiger partial charge in [0.05, 0.1) is 5.69 Å². The summed E-state index contributed by atoms with van der Waals surface area (Å²) in [5.41, 5.74) is 13.9. The standard InChI is InChI=1S/C26H28FN5O3S/c1-14-7-12-19(13-15(14)2)32(26(35)23-20(28)21(24(29)33)31-36-23)22(16-8-10-17(27)11-9-16)25(34)30-18-5-3-4-6-18/h7-13,18,22H,3-6,28H2,1-2H3,(H2,29,33)(H,30,34). The van der Waals surface area contributed by atoms with Gasteiger partial charge in [-0.05, 0) is 79.2 Å². The van der Waals surface area contributed by atoms with Crippen LogP contribution in [0.3, 0.4) is 0 Å². The highest BCUT2D eigenvalue weighted by Crippen LogP contribution is 2.34. The van der Waals surface area contributed by atoms with E-state index in [1.165, 1.54) is 29.2 Å². The molecule has 0 spiro atoms. The predicted octanol–water partition coefficient (Wildman–Crippen LogP) is 4.03. The van der Waals surface area contributed by atoms with Gasteiger partial charge in [0, 0.05) is 11.7 Å². The lowest BCUT2D eigenvalue weighted by Gasteiger charge is -2.32. The summed E-state index contributed by atoms with van der Waals surface area (Å²) in [7, 11) is 0. The second-order valence-corrected chi connectivity index (χ2v) is 9.80. The summed E-state index contributed by atoms with van der Waals surface area (Å²) in [6.45, 7) is 3.84. The number of nitrogens with zero attached hydrogens (tertiary/aromatic N) is 2. The van der Waals surface area contributed by atoms with E-state index in [0.29, 0.717) is 11.3 Å². The van der Waals surface area contributed by atoms with E-state index >= 15 is 0 Å². The fourth-order valence-corrected chi connectivity index (χ4v) is 5.15. The van der Waals surface area contributed by atoms with Gasteiger partial charge in [-0.1, -0.05) is 31.0 Å². The lowest BCUT2D eigenvalue weighted by Crippen LogP contribution is -2.46. The Morgan fingerprint density at radius 3 is 2.33 bits per heavy atom. The van der Waals surface area contributed by atoms with Crippen molar-refractivity contribution >= 4 is 40.6 Å². The van der Waals surface area contributed by atoms with Crippen molar-refractivity contribution < 1.29 is 18.8 Å². The van der Waals surface area contributed by atoms with Crippen LogP contribution in [0.2, 0.25) is 0 Å². The first-order chi connectivity index (χ1) is 17.2. The first kappa shape index (κ1) is 25.3. The van der Waals surface area contributed by atoms with Crippen molar-refractivity contribution in [2.24, 2.45) is 5.73 Å². The number of nitrogens with one attached hydrogen (secondary N) is 1. The first-order valence-electron chi connectivity index (χ1n) is 11.7. The first-order valence-corrected chi connectivity index (χ1v) is 12.5. The molecule has 5 N–H and O–H groups in total. The molecule has 1 fully saturated rings. The summed E-state index contributed by atoms with van der Waals surface area (Å²) in [6.07, 6.45) is 3.73. The lowest BCUT2D eigenvalue weighted by atomic mass is 10.0. The van der Waals surface area contributed by atoms with E-state index in [4.69, 9.17) is 11.5 Å². The molecule has 1 atom stereocenters. The maximum absolute atomic E-state index is 14.0. The Balaban J connectivity index is 1.87. The Bertz CT molecular complexity index is 1300. The van der Waals surface area contributed by atoms with Crippen molar-refractivity contribution in [2.45, 2.75) is 51.6 Å². The maximum atomic E-state index is 14.0. The van der Waals surface area contributed by atoms with Crippen LogP contribution in [0.15, 0.2) is 42.5 Å².